The lowest BCUT2D eigenvalue weighted by molar-refractivity contribution is 1.07. The number of hydrogen-bond donors (Lipinski definition) is 1. The highest BCUT2D eigenvalue weighted by atomic mass is 79.9. The third-order valence-corrected chi connectivity index (χ3v) is 2.24. The molecule has 2 aromatic rings. The summed E-state index contributed by atoms with van der Waals surface area (Å²) in [7, 11) is 0. The van der Waals surface area contributed by atoms with Crippen LogP contribution in [0, 0.1) is 0 Å². The molecule has 0 atom stereocenters. The van der Waals surface area contributed by atoms with Crippen molar-refractivity contribution < 1.29 is 0 Å². The van der Waals surface area contributed by atoms with E-state index >= 15 is 0 Å². The van der Waals surface area contributed by atoms with Crippen molar-refractivity contribution in [1.82, 2.24) is 9.97 Å². The Hall–Kier alpha value is -2.15. The number of hydrogen-bond acceptors (Lipinski definition) is 5. The molecule has 1 aromatic heterocycles. The van der Waals surface area contributed by atoms with Gasteiger partial charge >= 0.3 is 0 Å². The van der Waals surface area contributed by atoms with Crippen LogP contribution in [0.2, 0.25) is 0 Å². The highest BCUT2D eigenvalue weighted by Crippen LogP contribution is 2.08. The smallest absolute Gasteiger partial charge is 0.268 e. The number of anilines is 1. The number of rotatable bonds is 4. The first-order valence-electron chi connectivity index (χ1n) is 5.05. The van der Waals surface area contributed by atoms with Crippen LogP contribution in [-0.2, 0) is 0 Å². The molecule has 0 fully saturated rings. The lowest BCUT2D eigenvalue weighted by Crippen LogP contribution is -1.86. The molecule has 1 N–H and O–H groups in total. The second-order valence-electron chi connectivity index (χ2n) is 3.14. The van der Waals surface area contributed by atoms with Gasteiger partial charge in [0, 0.05) is 12.4 Å². The van der Waals surface area contributed by atoms with Gasteiger partial charge in [-0.25, -0.2) is 9.97 Å². The van der Waals surface area contributed by atoms with E-state index in [9.17, 15) is 0 Å². The highest BCUT2D eigenvalue weighted by Gasteiger charge is 1.91. The number of halogens is 1. The molecule has 1 aromatic carbocycles. The van der Waals surface area contributed by atoms with E-state index in [0.29, 0.717) is 0 Å². The lowest BCUT2D eigenvalue weighted by Gasteiger charge is -1.95. The summed E-state index contributed by atoms with van der Waals surface area (Å²) in [6.07, 6.45) is 4.49. The van der Waals surface area contributed by atoms with Gasteiger partial charge in [-0.1, -0.05) is 18.2 Å². The third kappa shape index (κ3) is 4.02. The third-order valence-electron chi connectivity index (χ3n) is 1.83. The first-order valence-corrected chi connectivity index (χ1v) is 5.85. The Kier molecular flexibility index (Phi) is 4.48. The lowest BCUT2D eigenvalue weighted by atomic mass is 10.3. The molecule has 0 saturated heterocycles. The molecular weight excluding hydrogens is 296 g/mol. The minimum Gasteiger partial charge on any atom is -0.277 e. The molecule has 1 heterocycles. The summed E-state index contributed by atoms with van der Waals surface area (Å²) < 4.78 is 0.792. The standard InChI is InChI=1S/C11H9BrN6/c12-9-6-13-11(14-7-9)18-16-8-15-17-10-4-2-1-3-5-10/h1-8,17H. The van der Waals surface area contributed by atoms with E-state index in [1.165, 1.54) is 6.34 Å². The van der Waals surface area contributed by atoms with Crippen LogP contribution in [0.1, 0.15) is 0 Å². The van der Waals surface area contributed by atoms with E-state index in [-0.39, 0.29) is 5.95 Å². The number of aromatic nitrogens is 2. The second kappa shape index (κ2) is 6.55. The molecule has 0 spiro atoms. The first kappa shape index (κ1) is 12.3. The minimum atomic E-state index is 0.282. The SMILES string of the molecule is Brc1cnc(N=NC=NNc2ccccc2)nc1. The van der Waals surface area contributed by atoms with E-state index < -0.39 is 0 Å². The van der Waals surface area contributed by atoms with Gasteiger partial charge in [0.25, 0.3) is 5.95 Å². The molecule has 7 heteroatoms. The summed E-state index contributed by atoms with van der Waals surface area (Å²) >= 11 is 3.23. The first-order chi connectivity index (χ1) is 8.84. The summed E-state index contributed by atoms with van der Waals surface area (Å²) in [4.78, 5) is 7.87. The van der Waals surface area contributed by atoms with Gasteiger partial charge in [0.1, 0.15) is 0 Å². The summed E-state index contributed by atoms with van der Waals surface area (Å²) in [6.45, 7) is 0. The maximum absolute atomic E-state index is 3.93. The fourth-order valence-electron chi connectivity index (χ4n) is 1.08. The summed E-state index contributed by atoms with van der Waals surface area (Å²) in [5.74, 6) is 0.282. The Morgan fingerprint density at radius 1 is 1.11 bits per heavy atom. The van der Waals surface area contributed by atoms with Crippen molar-refractivity contribution in [3.05, 3.63) is 47.2 Å². The summed E-state index contributed by atoms with van der Waals surface area (Å²) in [5.41, 5.74) is 3.69. The molecule has 6 nitrogen and oxygen atoms in total. The minimum absolute atomic E-state index is 0.282. The quantitative estimate of drug-likeness (QED) is 0.407. The predicted molar refractivity (Wildman–Crippen MR) is 72.8 cm³/mol. The second-order valence-corrected chi connectivity index (χ2v) is 4.05. The number of nitrogens with one attached hydrogen (secondary N) is 1. The van der Waals surface area contributed by atoms with E-state index in [1.807, 2.05) is 30.3 Å². The van der Waals surface area contributed by atoms with Crippen molar-refractivity contribution in [2.45, 2.75) is 0 Å². The average molecular weight is 305 g/mol. The molecule has 18 heavy (non-hydrogen) atoms. The Morgan fingerprint density at radius 2 is 1.83 bits per heavy atom. The number of benzene rings is 1. The van der Waals surface area contributed by atoms with Crippen LogP contribution in [-0.4, -0.2) is 16.3 Å². The van der Waals surface area contributed by atoms with Gasteiger partial charge in [0.05, 0.1) is 10.2 Å². The molecule has 0 aliphatic rings. The van der Waals surface area contributed by atoms with Crippen LogP contribution < -0.4 is 5.43 Å². The van der Waals surface area contributed by atoms with Gasteiger partial charge in [-0.15, -0.1) is 10.2 Å². The Labute approximate surface area is 112 Å². The molecular formula is C11H9BrN6. The van der Waals surface area contributed by atoms with Crippen LogP contribution in [0.25, 0.3) is 0 Å². The topological polar surface area (TPSA) is 74.9 Å². The summed E-state index contributed by atoms with van der Waals surface area (Å²) in [6, 6.07) is 9.54. The van der Waals surface area contributed by atoms with E-state index in [4.69, 9.17) is 0 Å². The molecule has 90 valence electrons. The van der Waals surface area contributed by atoms with E-state index in [2.05, 4.69) is 46.7 Å². The Balaban J connectivity index is 1.86. The Bertz CT molecular complexity index is 537. The van der Waals surface area contributed by atoms with Gasteiger partial charge in [0.15, 0.2) is 6.34 Å². The van der Waals surface area contributed by atoms with Crippen LogP contribution in [0.4, 0.5) is 11.6 Å². The van der Waals surface area contributed by atoms with Crippen LogP contribution in [0.15, 0.2) is 62.5 Å². The molecule has 0 amide bonds. The Morgan fingerprint density at radius 3 is 2.56 bits per heavy atom. The van der Waals surface area contributed by atoms with Gasteiger partial charge in [-0.05, 0) is 28.1 Å². The zero-order valence-corrected chi connectivity index (χ0v) is 10.8. The van der Waals surface area contributed by atoms with E-state index in [0.717, 1.165) is 10.2 Å². The maximum Gasteiger partial charge on any atom is 0.268 e. The van der Waals surface area contributed by atoms with Crippen LogP contribution >= 0.6 is 15.9 Å². The van der Waals surface area contributed by atoms with Crippen LogP contribution in [0.5, 0.6) is 0 Å². The summed E-state index contributed by atoms with van der Waals surface area (Å²) in [5, 5.41) is 11.4. The molecule has 0 bridgehead atoms. The molecule has 0 saturated carbocycles. The van der Waals surface area contributed by atoms with E-state index in [1.54, 1.807) is 12.4 Å². The van der Waals surface area contributed by atoms with Gasteiger partial charge < -0.3 is 0 Å². The molecule has 0 unspecified atom stereocenters. The van der Waals surface area contributed by atoms with Gasteiger partial charge in [-0.3, -0.25) is 5.43 Å². The van der Waals surface area contributed by atoms with Gasteiger partial charge in [-0.2, -0.15) is 5.10 Å². The highest BCUT2D eigenvalue weighted by molar-refractivity contribution is 9.10. The van der Waals surface area contributed by atoms with Gasteiger partial charge in [0.2, 0.25) is 0 Å². The van der Waals surface area contributed by atoms with Crippen molar-refractivity contribution in [3.8, 4) is 0 Å². The van der Waals surface area contributed by atoms with Crippen molar-refractivity contribution in [2.75, 3.05) is 5.43 Å². The van der Waals surface area contributed by atoms with Crippen molar-refractivity contribution >= 4 is 33.9 Å². The fraction of sp³-hybridized carbons (Fsp3) is 0. The number of nitrogens with zero attached hydrogens (tertiary/aromatic N) is 5. The normalized spacial score (nSPS) is 11.2. The number of azo groups is 1. The molecule has 0 aliphatic carbocycles. The number of para-hydroxylation sites is 1. The number of hydrazone groups is 1. The maximum atomic E-state index is 3.93. The predicted octanol–water partition coefficient (Wildman–Crippen LogP) is 3.38. The zero-order valence-electron chi connectivity index (χ0n) is 9.23. The van der Waals surface area contributed by atoms with Crippen molar-refractivity contribution in [1.29, 1.82) is 0 Å². The van der Waals surface area contributed by atoms with Crippen LogP contribution in [0.3, 0.4) is 0 Å². The molecule has 0 radical (unpaired) electrons. The molecule has 0 aliphatic heterocycles. The monoisotopic (exact) mass is 304 g/mol. The fourth-order valence-corrected chi connectivity index (χ4v) is 1.28. The van der Waals surface area contributed by atoms with Crippen molar-refractivity contribution in [3.63, 3.8) is 0 Å². The van der Waals surface area contributed by atoms with Crippen molar-refractivity contribution in [2.24, 2.45) is 15.3 Å². The zero-order chi connectivity index (χ0) is 12.6. The molecule has 2 rings (SSSR count). The largest absolute Gasteiger partial charge is 0.277 e. The average Bonchev–Trinajstić information content (AvgIpc) is 2.42.